The van der Waals surface area contributed by atoms with E-state index in [4.69, 9.17) is 13.6 Å². The number of aryl methyl sites for hydroxylation is 3. The molecular weight excluding hydrogens is 839 g/mol. The SMILES string of the molecule is Cc1ccc(O[P+](I)(Oc2ccc(C)cc2)Oc2ccc(C)cc2)cc1.I[I-]I. The van der Waals surface area contributed by atoms with E-state index < -0.39 is 5.59 Å². The van der Waals surface area contributed by atoms with Crippen LogP contribution >= 0.6 is 64.9 Å². The second-order valence-electron chi connectivity index (χ2n) is 6.20. The van der Waals surface area contributed by atoms with Gasteiger partial charge in [-0.25, -0.2) is 0 Å². The van der Waals surface area contributed by atoms with Crippen molar-refractivity contribution < 1.29 is 26.8 Å². The first-order valence-electron chi connectivity index (χ1n) is 8.58. The van der Waals surface area contributed by atoms with E-state index in [9.17, 15) is 0 Å². The van der Waals surface area contributed by atoms with Crippen molar-refractivity contribution in [2.75, 3.05) is 0 Å². The molecule has 0 aliphatic heterocycles. The Bertz CT molecular complexity index is 756. The van der Waals surface area contributed by atoms with Crippen molar-refractivity contribution >= 4 is 64.9 Å². The van der Waals surface area contributed by atoms with Crippen LogP contribution in [-0.4, -0.2) is 0 Å². The molecule has 29 heavy (non-hydrogen) atoms. The van der Waals surface area contributed by atoms with E-state index >= 15 is 0 Å². The molecule has 156 valence electrons. The quantitative estimate of drug-likeness (QED) is 0.224. The zero-order valence-electron chi connectivity index (χ0n) is 16.1. The van der Waals surface area contributed by atoms with Crippen molar-refractivity contribution in [1.29, 1.82) is 0 Å². The molecule has 0 saturated heterocycles. The Hall–Kier alpha value is 0.410. The van der Waals surface area contributed by atoms with Crippen molar-refractivity contribution in [3.8, 4) is 17.2 Å². The zero-order valence-corrected chi connectivity index (χ0v) is 25.6. The molecule has 3 nitrogen and oxygen atoms in total. The second kappa shape index (κ2) is 13.1. The van der Waals surface area contributed by atoms with Crippen LogP contribution in [0.25, 0.3) is 0 Å². The molecule has 0 radical (unpaired) electrons. The third-order valence-corrected chi connectivity index (χ3v) is 6.77. The van der Waals surface area contributed by atoms with Crippen LogP contribution in [0.4, 0.5) is 0 Å². The molecule has 0 fully saturated rings. The topological polar surface area (TPSA) is 27.7 Å². The molecule has 3 aromatic carbocycles. The van der Waals surface area contributed by atoms with E-state index in [1.165, 1.54) is 16.7 Å². The molecule has 3 aromatic rings. The maximum atomic E-state index is 6.18. The summed E-state index contributed by atoms with van der Waals surface area (Å²) in [7, 11) is 0. The number of halogens is 4. The Morgan fingerprint density at radius 1 is 0.552 bits per heavy atom. The molecule has 8 heteroatoms. The van der Waals surface area contributed by atoms with Gasteiger partial charge in [0.05, 0.1) is 0 Å². The summed E-state index contributed by atoms with van der Waals surface area (Å²) in [6.45, 7) is 6.13. The first-order valence-corrected chi connectivity index (χ1v) is 25.5. The minimum atomic E-state index is -2.71. The first-order chi connectivity index (χ1) is 13.8. The van der Waals surface area contributed by atoms with Crippen LogP contribution in [0.2, 0.25) is 0 Å². The Kier molecular flexibility index (Phi) is 11.6. The molecule has 0 aliphatic rings. The fourth-order valence-corrected chi connectivity index (χ4v) is 5.51. The van der Waals surface area contributed by atoms with Gasteiger partial charge in [-0.2, -0.15) is 0 Å². The average molecular weight is 860 g/mol. The van der Waals surface area contributed by atoms with Crippen LogP contribution in [0, 0.1) is 20.8 Å². The standard InChI is InChI=1S/C21H21IO3P.I3/c1-16-4-10-19(11-5-16)23-26(22,24-20-12-6-17(2)7-13-20)25-21-14-8-18(3)9-15-21;1-3-2/h4-15H,1-3H3;/q+1;-1. The molecule has 0 atom stereocenters. The summed E-state index contributed by atoms with van der Waals surface area (Å²) in [6, 6.07) is 23.6. The Morgan fingerprint density at radius 2 is 0.759 bits per heavy atom. The van der Waals surface area contributed by atoms with Gasteiger partial charge in [-0.3, -0.25) is 13.6 Å². The number of benzene rings is 3. The van der Waals surface area contributed by atoms with E-state index in [0.717, 1.165) is 17.2 Å². The van der Waals surface area contributed by atoms with Gasteiger partial charge < -0.3 is 0 Å². The summed E-state index contributed by atoms with van der Waals surface area (Å²) in [5.41, 5.74) is 0.814. The summed E-state index contributed by atoms with van der Waals surface area (Å²) in [5.74, 6) is 2.16. The van der Waals surface area contributed by atoms with Crippen LogP contribution in [0.5, 0.6) is 17.2 Å². The van der Waals surface area contributed by atoms with Crippen LogP contribution in [0.1, 0.15) is 16.7 Å². The molecule has 0 N–H and O–H groups in total. The van der Waals surface area contributed by atoms with Gasteiger partial charge in [-0.15, -0.1) is 0 Å². The van der Waals surface area contributed by atoms with Crippen molar-refractivity contribution in [2.24, 2.45) is 0 Å². The third kappa shape index (κ3) is 9.61. The predicted molar refractivity (Wildman–Crippen MR) is 144 cm³/mol. The van der Waals surface area contributed by atoms with Crippen LogP contribution in [0.15, 0.2) is 72.8 Å². The normalized spacial score (nSPS) is 10.7. The molecule has 0 bridgehead atoms. The van der Waals surface area contributed by atoms with Crippen LogP contribution in [0.3, 0.4) is 0 Å². The van der Waals surface area contributed by atoms with E-state index in [1.807, 2.05) is 93.6 Å². The van der Waals surface area contributed by atoms with Crippen molar-refractivity contribution in [3.05, 3.63) is 89.5 Å². The van der Waals surface area contributed by atoms with Gasteiger partial charge in [-0.05, 0) is 57.2 Å². The van der Waals surface area contributed by atoms with E-state index in [1.54, 1.807) is 0 Å². The average Bonchev–Trinajstić information content (AvgIpc) is 2.68. The van der Waals surface area contributed by atoms with Crippen molar-refractivity contribution in [2.45, 2.75) is 20.8 Å². The maximum absolute atomic E-state index is 6.18. The molecule has 0 spiro atoms. The first kappa shape index (κ1) is 25.7. The molecule has 0 aromatic heterocycles. The molecule has 0 aliphatic carbocycles. The molecule has 0 amide bonds. The van der Waals surface area contributed by atoms with Gasteiger partial charge >= 0.3 is 56.1 Å². The summed E-state index contributed by atoms with van der Waals surface area (Å²) in [6.07, 6.45) is 0. The predicted octanol–water partition coefficient (Wildman–Crippen LogP) is 6.04. The Labute approximate surface area is 216 Å². The van der Waals surface area contributed by atoms with Gasteiger partial charge in [-0.1, -0.05) is 53.1 Å². The molecule has 0 heterocycles. The zero-order chi connectivity index (χ0) is 21.3. The van der Waals surface area contributed by atoms with Gasteiger partial charge in [0, 0.05) is 0 Å². The Morgan fingerprint density at radius 3 is 0.966 bits per heavy atom. The van der Waals surface area contributed by atoms with E-state index in [2.05, 4.69) is 59.3 Å². The number of hydrogen-bond donors (Lipinski definition) is 0. The summed E-state index contributed by atoms with van der Waals surface area (Å²) >= 11 is 7.46. The molecule has 0 saturated carbocycles. The number of rotatable bonds is 6. The van der Waals surface area contributed by atoms with Gasteiger partial charge in [0.25, 0.3) is 22.0 Å². The molecular formula is C21H21I4O3P. The summed E-state index contributed by atoms with van der Waals surface area (Å²) in [4.78, 5) is 0. The van der Waals surface area contributed by atoms with Crippen LogP contribution < -0.4 is 26.8 Å². The summed E-state index contributed by atoms with van der Waals surface area (Å²) in [5, 5.41) is 0. The fraction of sp³-hybridized carbons (Fsp3) is 0.143. The van der Waals surface area contributed by atoms with Gasteiger partial charge in [0.1, 0.15) is 0 Å². The van der Waals surface area contributed by atoms with Crippen molar-refractivity contribution in [1.82, 2.24) is 0 Å². The van der Waals surface area contributed by atoms with E-state index in [-0.39, 0.29) is 0 Å². The van der Waals surface area contributed by atoms with E-state index in [0.29, 0.717) is 13.3 Å². The minimum absolute atomic E-state index is 0.530. The third-order valence-electron chi connectivity index (χ3n) is 3.71. The molecule has 0 unspecified atom stereocenters. The fourth-order valence-electron chi connectivity index (χ4n) is 2.23. The second-order valence-corrected chi connectivity index (χ2v) is 27.4. The number of hydrogen-bond acceptors (Lipinski definition) is 3. The molecule has 3 rings (SSSR count). The van der Waals surface area contributed by atoms with Crippen LogP contribution in [-0.2, 0) is 0 Å². The van der Waals surface area contributed by atoms with Gasteiger partial charge in [0.15, 0.2) is 17.2 Å². The summed E-state index contributed by atoms with van der Waals surface area (Å²) < 4.78 is 18.5. The monoisotopic (exact) mass is 860 g/mol. The van der Waals surface area contributed by atoms with Gasteiger partial charge in [0.2, 0.25) is 0 Å². The Balaban J connectivity index is 0.000000941. The van der Waals surface area contributed by atoms with Crippen molar-refractivity contribution in [3.63, 3.8) is 0 Å².